The van der Waals surface area contributed by atoms with Crippen molar-refractivity contribution in [3.63, 3.8) is 0 Å². The van der Waals surface area contributed by atoms with E-state index in [0.717, 1.165) is 27.9 Å². The molecule has 0 unspecified atom stereocenters. The maximum Gasteiger partial charge on any atom is 0.337 e. The number of carbonyl (C=O) groups excluding carboxylic acids is 1. The molecule has 0 saturated heterocycles. The second-order valence-electron chi connectivity index (χ2n) is 7.93. The van der Waals surface area contributed by atoms with Crippen molar-refractivity contribution >= 4 is 51.8 Å². The van der Waals surface area contributed by atoms with Crippen molar-refractivity contribution in [2.75, 3.05) is 10.7 Å². The zero-order valence-electron chi connectivity index (χ0n) is 18.6. The van der Waals surface area contributed by atoms with Crippen molar-refractivity contribution in [1.29, 1.82) is 0 Å². The molecule has 8 nitrogen and oxygen atoms in total. The molecule has 4 rings (SSSR count). The topological polar surface area (TPSA) is 96.8 Å². The summed E-state index contributed by atoms with van der Waals surface area (Å²) in [5.41, 5.74) is 10.2. The monoisotopic (exact) mass is 483 g/mol. The predicted molar refractivity (Wildman–Crippen MR) is 133 cm³/mol. The van der Waals surface area contributed by atoms with Crippen LogP contribution in [0.3, 0.4) is 0 Å². The van der Waals surface area contributed by atoms with Crippen LogP contribution in [-0.2, 0) is 7.05 Å². The maximum atomic E-state index is 12.5. The first-order valence-electron chi connectivity index (χ1n) is 10.3. The largest absolute Gasteiger partial charge is 0.337 e. The molecule has 3 N–H and O–H groups in total. The zero-order chi connectivity index (χ0) is 23.7. The van der Waals surface area contributed by atoms with Crippen LogP contribution >= 0.6 is 23.2 Å². The van der Waals surface area contributed by atoms with Gasteiger partial charge >= 0.3 is 6.03 Å². The summed E-state index contributed by atoms with van der Waals surface area (Å²) in [6, 6.07) is 11.9. The third-order valence-corrected chi connectivity index (χ3v) is 5.56. The quantitative estimate of drug-likeness (QED) is 0.242. The lowest BCUT2D eigenvalue weighted by molar-refractivity contribution is 0.254. The van der Waals surface area contributed by atoms with Gasteiger partial charge in [-0.1, -0.05) is 49.2 Å². The van der Waals surface area contributed by atoms with Crippen LogP contribution in [0, 0.1) is 6.92 Å². The lowest BCUT2D eigenvalue weighted by atomic mass is 10.00. The van der Waals surface area contributed by atoms with Gasteiger partial charge in [0.1, 0.15) is 11.0 Å². The molecule has 0 saturated carbocycles. The Balaban J connectivity index is 1.50. The van der Waals surface area contributed by atoms with Gasteiger partial charge < -0.3 is 5.32 Å². The highest BCUT2D eigenvalue weighted by Crippen LogP contribution is 2.29. The summed E-state index contributed by atoms with van der Waals surface area (Å²) < 4.78 is 1.74. The van der Waals surface area contributed by atoms with E-state index in [1.54, 1.807) is 28.9 Å². The number of aryl methyl sites for hydroxylation is 2. The van der Waals surface area contributed by atoms with Crippen molar-refractivity contribution in [3.8, 4) is 11.3 Å². The minimum Gasteiger partial charge on any atom is -0.306 e. The number of nitrogens with one attached hydrogen (secondary N) is 3. The van der Waals surface area contributed by atoms with Crippen molar-refractivity contribution < 1.29 is 4.79 Å². The van der Waals surface area contributed by atoms with Crippen LogP contribution in [-0.4, -0.2) is 25.8 Å². The molecule has 0 spiro atoms. The van der Waals surface area contributed by atoms with Crippen LogP contribution in [0.4, 0.5) is 16.3 Å². The fraction of sp³-hybridized carbons (Fsp3) is 0.217. The average Bonchev–Trinajstić information content (AvgIpc) is 3.05. The second kappa shape index (κ2) is 9.25. The lowest BCUT2D eigenvalue weighted by Crippen LogP contribution is -2.34. The summed E-state index contributed by atoms with van der Waals surface area (Å²) in [6.07, 6.45) is 0. The molecule has 0 bridgehead atoms. The van der Waals surface area contributed by atoms with E-state index in [1.165, 1.54) is 0 Å². The summed E-state index contributed by atoms with van der Waals surface area (Å²) in [4.78, 5) is 21.4. The predicted octanol–water partition coefficient (Wildman–Crippen LogP) is 5.92. The SMILES string of the molecule is Cc1nn(C)c2nc(NNC(=O)Nc3cc(Cl)nc(-c4ccc(Cl)cc4)c3)cc(C(C)C)c12. The number of hydrogen-bond donors (Lipinski definition) is 3. The van der Waals surface area contributed by atoms with E-state index < -0.39 is 6.03 Å². The first-order valence-corrected chi connectivity index (χ1v) is 11.1. The number of halogens is 2. The third kappa shape index (κ3) is 5.02. The highest BCUT2D eigenvalue weighted by atomic mass is 35.5. The smallest absolute Gasteiger partial charge is 0.306 e. The Morgan fingerprint density at radius 3 is 2.48 bits per heavy atom. The van der Waals surface area contributed by atoms with Gasteiger partial charge in [-0.3, -0.25) is 15.5 Å². The van der Waals surface area contributed by atoms with Crippen LogP contribution in [0.15, 0.2) is 42.5 Å². The number of fused-ring (bicyclic) bond motifs is 1. The lowest BCUT2D eigenvalue weighted by Gasteiger charge is -2.14. The summed E-state index contributed by atoms with van der Waals surface area (Å²) >= 11 is 12.1. The highest BCUT2D eigenvalue weighted by Gasteiger charge is 2.16. The zero-order valence-corrected chi connectivity index (χ0v) is 20.1. The average molecular weight is 484 g/mol. The van der Waals surface area contributed by atoms with Gasteiger partial charge in [0.2, 0.25) is 0 Å². The molecule has 0 radical (unpaired) electrons. The molecule has 33 heavy (non-hydrogen) atoms. The van der Waals surface area contributed by atoms with Gasteiger partial charge in [0, 0.05) is 28.7 Å². The molecule has 2 amide bonds. The number of urea groups is 1. The normalized spacial score (nSPS) is 11.1. The summed E-state index contributed by atoms with van der Waals surface area (Å²) in [7, 11) is 1.85. The van der Waals surface area contributed by atoms with Crippen LogP contribution in [0.25, 0.3) is 22.3 Å². The van der Waals surface area contributed by atoms with E-state index in [9.17, 15) is 4.79 Å². The van der Waals surface area contributed by atoms with Gasteiger partial charge in [-0.15, -0.1) is 0 Å². The number of nitrogens with zero attached hydrogens (tertiary/aromatic N) is 4. The van der Waals surface area contributed by atoms with Crippen LogP contribution in [0.2, 0.25) is 10.2 Å². The summed E-state index contributed by atoms with van der Waals surface area (Å²) in [5, 5.41) is 9.14. The van der Waals surface area contributed by atoms with E-state index in [2.05, 4.69) is 45.1 Å². The summed E-state index contributed by atoms with van der Waals surface area (Å²) in [5.74, 6) is 0.775. The molecular weight excluding hydrogens is 461 g/mol. The van der Waals surface area contributed by atoms with Gasteiger partial charge in [0.25, 0.3) is 0 Å². The van der Waals surface area contributed by atoms with Gasteiger partial charge in [-0.2, -0.15) is 5.10 Å². The van der Waals surface area contributed by atoms with Crippen molar-refractivity contribution in [1.82, 2.24) is 25.2 Å². The number of anilines is 2. The Morgan fingerprint density at radius 2 is 1.79 bits per heavy atom. The number of aromatic nitrogens is 4. The van der Waals surface area contributed by atoms with E-state index in [4.69, 9.17) is 23.2 Å². The Labute approximate surface area is 201 Å². The molecule has 3 heterocycles. The Bertz CT molecular complexity index is 1330. The number of benzene rings is 1. The first-order chi connectivity index (χ1) is 15.7. The Morgan fingerprint density at radius 1 is 1.06 bits per heavy atom. The number of hydrogen-bond acceptors (Lipinski definition) is 5. The fourth-order valence-electron chi connectivity index (χ4n) is 3.62. The van der Waals surface area contributed by atoms with Crippen molar-refractivity contribution in [2.24, 2.45) is 7.05 Å². The molecule has 0 aliphatic carbocycles. The molecule has 4 aromatic rings. The van der Waals surface area contributed by atoms with Gasteiger partial charge in [0.05, 0.1) is 11.4 Å². The van der Waals surface area contributed by atoms with E-state index in [0.29, 0.717) is 22.2 Å². The van der Waals surface area contributed by atoms with Gasteiger partial charge in [-0.05, 0) is 48.7 Å². The van der Waals surface area contributed by atoms with Crippen LogP contribution < -0.4 is 16.2 Å². The third-order valence-electron chi connectivity index (χ3n) is 5.12. The number of rotatable bonds is 5. The number of carbonyl (C=O) groups is 1. The molecule has 10 heteroatoms. The maximum absolute atomic E-state index is 12.5. The molecule has 3 aromatic heterocycles. The number of pyridine rings is 2. The second-order valence-corrected chi connectivity index (χ2v) is 8.76. The molecule has 0 aliphatic heterocycles. The van der Waals surface area contributed by atoms with Crippen LogP contribution in [0.5, 0.6) is 0 Å². The molecule has 0 atom stereocenters. The molecule has 1 aromatic carbocycles. The number of amides is 2. The minimum absolute atomic E-state index is 0.256. The summed E-state index contributed by atoms with van der Waals surface area (Å²) in [6.45, 7) is 6.18. The van der Waals surface area contributed by atoms with Crippen molar-refractivity contribution in [3.05, 3.63) is 63.9 Å². The minimum atomic E-state index is -0.478. The van der Waals surface area contributed by atoms with E-state index >= 15 is 0 Å². The van der Waals surface area contributed by atoms with E-state index in [-0.39, 0.29) is 11.1 Å². The Hall–Kier alpha value is -3.36. The van der Waals surface area contributed by atoms with Crippen LogP contribution in [0.1, 0.15) is 31.0 Å². The number of hydrazine groups is 1. The van der Waals surface area contributed by atoms with Crippen molar-refractivity contribution in [2.45, 2.75) is 26.7 Å². The van der Waals surface area contributed by atoms with E-state index in [1.807, 2.05) is 32.2 Å². The molecular formula is C23H23Cl2N7O. The Kier molecular flexibility index (Phi) is 6.40. The highest BCUT2D eigenvalue weighted by molar-refractivity contribution is 6.30. The molecule has 0 fully saturated rings. The molecule has 170 valence electrons. The van der Waals surface area contributed by atoms with Gasteiger partial charge in [0.15, 0.2) is 5.65 Å². The first kappa shape index (κ1) is 22.8. The molecule has 0 aliphatic rings. The van der Waals surface area contributed by atoms with Gasteiger partial charge in [-0.25, -0.2) is 14.8 Å². The standard InChI is InChI=1S/C23H23Cl2N7O/c1-12(2)17-11-20(28-22-21(17)13(3)31-32(22)4)29-30-23(33)26-16-9-18(27-19(25)10-16)14-5-7-15(24)8-6-14/h5-12H,1-4H3,(H,28,29)(H2,26,27,30,33). The fourth-order valence-corrected chi connectivity index (χ4v) is 3.95.